The fourth-order valence-corrected chi connectivity index (χ4v) is 4.06. The molecule has 2 aliphatic rings. The molecule has 9 heteroatoms. The number of amides is 3. The van der Waals surface area contributed by atoms with E-state index in [9.17, 15) is 14.4 Å². The van der Waals surface area contributed by atoms with Gasteiger partial charge in [-0.1, -0.05) is 5.16 Å². The van der Waals surface area contributed by atoms with Crippen LogP contribution in [0.2, 0.25) is 0 Å². The number of fused-ring (bicyclic) bond motifs is 3. The minimum Gasteiger partial charge on any atom is -0.360 e. The van der Waals surface area contributed by atoms with Crippen LogP contribution in [0.4, 0.5) is 17.2 Å². The molecule has 30 heavy (non-hydrogen) atoms. The monoisotopic (exact) mass is 411 g/mol. The third kappa shape index (κ3) is 3.62. The number of anilines is 3. The van der Waals surface area contributed by atoms with Gasteiger partial charge in [0.05, 0.1) is 11.4 Å². The Labute approximate surface area is 174 Å². The summed E-state index contributed by atoms with van der Waals surface area (Å²) in [4.78, 5) is 43.5. The molecule has 0 radical (unpaired) electrons. The minimum atomic E-state index is -0.379. The molecular weight excluding hydrogens is 386 g/mol. The first-order chi connectivity index (χ1) is 14.3. The van der Waals surface area contributed by atoms with E-state index in [1.54, 1.807) is 39.2 Å². The van der Waals surface area contributed by atoms with Gasteiger partial charge in [-0.05, 0) is 44.4 Å². The van der Waals surface area contributed by atoms with Crippen molar-refractivity contribution in [2.24, 2.45) is 0 Å². The van der Waals surface area contributed by atoms with Crippen LogP contribution in [0.5, 0.6) is 0 Å². The lowest BCUT2D eigenvalue weighted by molar-refractivity contribution is -0.123. The van der Waals surface area contributed by atoms with Crippen molar-refractivity contribution >= 4 is 34.9 Å². The summed E-state index contributed by atoms with van der Waals surface area (Å²) in [5.41, 5.74) is 1.93. The first kappa shape index (κ1) is 19.9. The van der Waals surface area contributed by atoms with E-state index in [0.29, 0.717) is 22.8 Å². The van der Waals surface area contributed by atoms with E-state index in [0.717, 1.165) is 31.5 Å². The third-order valence-corrected chi connectivity index (χ3v) is 5.48. The van der Waals surface area contributed by atoms with Gasteiger partial charge in [0.1, 0.15) is 18.3 Å². The van der Waals surface area contributed by atoms with Crippen LogP contribution in [0.15, 0.2) is 28.8 Å². The van der Waals surface area contributed by atoms with Crippen molar-refractivity contribution in [2.45, 2.75) is 32.2 Å². The highest BCUT2D eigenvalue weighted by Gasteiger charge is 2.40. The molecule has 0 spiro atoms. The number of nitrogens with one attached hydrogen (secondary N) is 1. The van der Waals surface area contributed by atoms with E-state index < -0.39 is 0 Å². The summed E-state index contributed by atoms with van der Waals surface area (Å²) >= 11 is 0. The zero-order valence-electron chi connectivity index (χ0n) is 17.3. The van der Waals surface area contributed by atoms with Crippen molar-refractivity contribution in [3.63, 3.8) is 0 Å². The van der Waals surface area contributed by atoms with Crippen LogP contribution >= 0.6 is 0 Å². The van der Waals surface area contributed by atoms with E-state index in [1.165, 1.54) is 9.80 Å². The van der Waals surface area contributed by atoms with Crippen molar-refractivity contribution < 1.29 is 18.9 Å². The molecule has 9 nitrogen and oxygen atoms in total. The second kappa shape index (κ2) is 7.81. The fourth-order valence-electron chi connectivity index (χ4n) is 4.06. The Balaban J connectivity index is 1.67. The van der Waals surface area contributed by atoms with Crippen molar-refractivity contribution in [3.8, 4) is 0 Å². The summed E-state index contributed by atoms with van der Waals surface area (Å²) in [6.45, 7) is 2.35. The topological polar surface area (TPSA) is 99.0 Å². The molecule has 0 aliphatic carbocycles. The fraction of sp³-hybridized carbons (Fsp3) is 0.429. The molecule has 2 aliphatic heterocycles. The number of benzene rings is 1. The average molecular weight is 411 g/mol. The third-order valence-electron chi connectivity index (χ3n) is 5.48. The summed E-state index contributed by atoms with van der Waals surface area (Å²) in [5.74, 6) is 0.222. The predicted molar refractivity (Wildman–Crippen MR) is 112 cm³/mol. The lowest BCUT2D eigenvalue weighted by Crippen LogP contribution is -2.56. The molecule has 0 saturated carbocycles. The average Bonchev–Trinajstić information content (AvgIpc) is 3.14. The summed E-state index contributed by atoms with van der Waals surface area (Å²) in [6.07, 6.45) is 2.72. The van der Waals surface area contributed by atoms with Gasteiger partial charge in [-0.2, -0.15) is 0 Å². The molecule has 1 atom stereocenters. The maximum Gasteiger partial charge on any atom is 0.253 e. The van der Waals surface area contributed by atoms with Gasteiger partial charge in [-0.25, -0.2) is 0 Å². The first-order valence-electron chi connectivity index (χ1n) is 10.0. The number of hydrogen-bond donors (Lipinski definition) is 1. The van der Waals surface area contributed by atoms with Gasteiger partial charge in [0.25, 0.3) is 5.91 Å². The van der Waals surface area contributed by atoms with Gasteiger partial charge in [0.15, 0.2) is 5.82 Å². The highest BCUT2D eigenvalue weighted by molar-refractivity contribution is 6.11. The van der Waals surface area contributed by atoms with Crippen LogP contribution in [0, 0.1) is 6.92 Å². The number of hydrogen-bond acceptors (Lipinski definition) is 6. The molecular formula is C21H25N5O4. The van der Waals surface area contributed by atoms with E-state index in [1.807, 2.05) is 6.07 Å². The van der Waals surface area contributed by atoms with E-state index in [2.05, 4.69) is 15.4 Å². The molecule has 3 heterocycles. The van der Waals surface area contributed by atoms with Gasteiger partial charge < -0.3 is 19.6 Å². The normalized spacial score (nSPS) is 18.0. The number of aryl methyl sites for hydroxylation is 1. The molecule has 2 aromatic rings. The maximum atomic E-state index is 13.3. The smallest absolute Gasteiger partial charge is 0.253 e. The van der Waals surface area contributed by atoms with Crippen LogP contribution in [0.3, 0.4) is 0 Å². The van der Waals surface area contributed by atoms with Crippen LogP contribution in [0.25, 0.3) is 0 Å². The van der Waals surface area contributed by atoms with Gasteiger partial charge >= 0.3 is 0 Å². The molecule has 1 N–H and O–H groups in total. The Hall–Kier alpha value is -3.36. The number of piperidine rings is 1. The van der Waals surface area contributed by atoms with Crippen molar-refractivity contribution in [1.29, 1.82) is 0 Å². The molecule has 1 saturated heterocycles. The highest BCUT2D eigenvalue weighted by Crippen LogP contribution is 2.40. The molecule has 1 aromatic carbocycles. The Morgan fingerprint density at radius 2 is 2.03 bits per heavy atom. The van der Waals surface area contributed by atoms with Crippen LogP contribution in [-0.2, 0) is 9.59 Å². The van der Waals surface area contributed by atoms with Gasteiger partial charge in [0, 0.05) is 32.3 Å². The Morgan fingerprint density at radius 1 is 1.23 bits per heavy atom. The SMILES string of the molecule is Cc1cc(NC(=O)CN2C(=O)C3CCCCN3c3ccc(C(=O)N(C)C)cc32)no1. The molecule has 158 valence electrons. The van der Waals surface area contributed by atoms with Crippen LogP contribution in [0.1, 0.15) is 35.4 Å². The first-order valence-corrected chi connectivity index (χ1v) is 10.0. The Morgan fingerprint density at radius 3 is 2.73 bits per heavy atom. The number of nitrogens with zero attached hydrogens (tertiary/aromatic N) is 4. The van der Waals surface area contributed by atoms with E-state index in [4.69, 9.17) is 4.52 Å². The standard InChI is InChI=1S/C21H25N5O4/c1-13-10-18(23-30-13)22-19(27)12-26-17-11-14(20(28)24(2)3)7-8-15(17)25-9-5-4-6-16(25)21(26)29/h7-8,10-11,16H,4-6,9,12H2,1-3H3,(H,22,23,27). The van der Waals surface area contributed by atoms with Crippen LogP contribution in [-0.4, -0.2) is 61.0 Å². The molecule has 1 fully saturated rings. The zero-order valence-corrected chi connectivity index (χ0v) is 17.3. The minimum absolute atomic E-state index is 0.122. The second-order valence-electron chi connectivity index (χ2n) is 7.90. The predicted octanol–water partition coefficient (Wildman–Crippen LogP) is 2.03. The largest absolute Gasteiger partial charge is 0.360 e. The van der Waals surface area contributed by atoms with E-state index in [-0.39, 0.29) is 30.3 Å². The lowest BCUT2D eigenvalue weighted by Gasteiger charge is -2.45. The quantitative estimate of drug-likeness (QED) is 0.827. The summed E-state index contributed by atoms with van der Waals surface area (Å²) < 4.78 is 4.97. The number of carbonyl (C=O) groups is 3. The van der Waals surface area contributed by atoms with Crippen LogP contribution < -0.4 is 15.1 Å². The Kier molecular flexibility index (Phi) is 5.19. The summed E-state index contributed by atoms with van der Waals surface area (Å²) in [7, 11) is 3.36. The summed E-state index contributed by atoms with van der Waals surface area (Å²) in [6, 6.07) is 6.68. The number of rotatable bonds is 4. The van der Waals surface area contributed by atoms with Crippen molar-refractivity contribution in [2.75, 3.05) is 42.3 Å². The number of aromatic nitrogens is 1. The van der Waals surface area contributed by atoms with Crippen molar-refractivity contribution in [1.82, 2.24) is 10.1 Å². The van der Waals surface area contributed by atoms with Gasteiger partial charge in [0.2, 0.25) is 11.8 Å². The summed E-state index contributed by atoms with van der Waals surface area (Å²) in [5, 5.41) is 6.43. The highest BCUT2D eigenvalue weighted by atomic mass is 16.5. The Bertz CT molecular complexity index is 999. The van der Waals surface area contributed by atoms with Gasteiger partial charge in [-0.3, -0.25) is 19.3 Å². The zero-order chi connectivity index (χ0) is 21.4. The van der Waals surface area contributed by atoms with Crippen molar-refractivity contribution in [3.05, 3.63) is 35.6 Å². The molecule has 0 bridgehead atoms. The molecule has 1 aromatic heterocycles. The maximum absolute atomic E-state index is 13.3. The molecule has 1 unspecified atom stereocenters. The number of carbonyl (C=O) groups excluding carboxylic acids is 3. The second-order valence-corrected chi connectivity index (χ2v) is 7.90. The molecule has 3 amide bonds. The van der Waals surface area contributed by atoms with E-state index >= 15 is 0 Å². The lowest BCUT2D eigenvalue weighted by atomic mass is 9.95. The van der Waals surface area contributed by atoms with Gasteiger partial charge in [-0.15, -0.1) is 0 Å². The molecule has 4 rings (SSSR count).